The third kappa shape index (κ3) is 2.93. The summed E-state index contributed by atoms with van der Waals surface area (Å²) in [7, 11) is 0. The Balaban J connectivity index is 1.82. The molecular formula is C14H27N3. The highest BCUT2D eigenvalue weighted by Gasteiger charge is 2.52. The van der Waals surface area contributed by atoms with Crippen molar-refractivity contribution >= 4 is 5.96 Å². The molecule has 3 nitrogen and oxygen atoms in total. The molecule has 2 rings (SSSR count). The molecule has 2 atom stereocenters. The van der Waals surface area contributed by atoms with Crippen molar-refractivity contribution in [2.75, 3.05) is 0 Å². The van der Waals surface area contributed by atoms with Crippen LogP contribution in [0.1, 0.15) is 59.3 Å². The highest BCUT2D eigenvalue weighted by atomic mass is 15.1. The average Bonchev–Trinajstić information content (AvgIpc) is 2.92. The lowest BCUT2D eigenvalue weighted by Crippen LogP contribution is -2.41. The number of nitrogens with one attached hydrogen (secondary N) is 1. The molecule has 0 spiro atoms. The van der Waals surface area contributed by atoms with Gasteiger partial charge in [-0.2, -0.15) is 0 Å². The van der Waals surface area contributed by atoms with Crippen LogP contribution in [0.3, 0.4) is 0 Å². The lowest BCUT2D eigenvalue weighted by atomic mass is 9.94. The van der Waals surface area contributed by atoms with Gasteiger partial charge in [-0.25, -0.2) is 4.99 Å². The van der Waals surface area contributed by atoms with E-state index in [9.17, 15) is 0 Å². The van der Waals surface area contributed by atoms with Crippen LogP contribution in [0.15, 0.2) is 4.99 Å². The first-order valence-corrected chi connectivity index (χ1v) is 7.12. The van der Waals surface area contributed by atoms with E-state index in [2.05, 4.69) is 31.1 Å². The number of nitrogens with zero attached hydrogens (tertiary/aromatic N) is 1. The normalized spacial score (nSPS) is 35.1. The molecule has 0 aromatic carbocycles. The van der Waals surface area contributed by atoms with Gasteiger partial charge in [0.25, 0.3) is 0 Å². The second-order valence-electron chi connectivity index (χ2n) is 6.37. The van der Waals surface area contributed by atoms with Gasteiger partial charge in [0.05, 0.1) is 6.04 Å². The zero-order valence-corrected chi connectivity index (χ0v) is 11.5. The molecule has 0 saturated heterocycles. The van der Waals surface area contributed by atoms with Crippen molar-refractivity contribution in [2.45, 2.75) is 71.4 Å². The monoisotopic (exact) mass is 237 g/mol. The summed E-state index contributed by atoms with van der Waals surface area (Å²) in [5.41, 5.74) is 6.39. The van der Waals surface area contributed by atoms with Gasteiger partial charge < -0.3 is 11.1 Å². The standard InChI is InChI=1S/C14H27N3/c1-10(2)14(3)9-12(14)17-13(15)16-11-7-5-4-6-8-11/h10-12H,4-9H2,1-3H3,(H3,15,16,17). The van der Waals surface area contributed by atoms with Crippen molar-refractivity contribution in [3.8, 4) is 0 Å². The number of aliphatic imine (C=N–C) groups is 1. The van der Waals surface area contributed by atoms with E-state index in [4.69, 9.17) is 5.73 Å². The van der Waals surface area contributed by atoms with Crippen LogP contribution in [0.5, 0.6) is 0 Å². The lowest BCUT2D eigenvalue weighted by molar-refractivity contribution is 0.381. The van der Waals surface area contributed by atoms with Gasteiger partial charge in [0.15, 0.2) is 5.96 Å². The molecule has 2 aliphatic carbocycles. The summed E-state index contributed by atoms with van der Waals surface area (Å²) in [4.78, 5) is 4.64. The Labute approximate surface area is 105 Å². The molecule has 0 aliphatic heterocycles. The van der Waals surface area contributed by atoms with Gasteiger partial charge in [0.2, 0.25) is 0 Å². The zero-order valence-electron chi connectivity index (χ0n) is 11.5. The van der Waals surface area contributed by atoms with E-state index in [1.807, 2.05) is 0 Å². The highest BCUT2D eigenvalue weighted by Crippen LogP contribution is 2.53. The summed E-state index contributed by atoms with van der Waals surface area (Å²) < 4.78 is 0. The third-order valence-corrected chi connectivity index (χ3v) is 4.81. The van der Waals surface area contributed by atoms with E-state index < -0.39 is 0 Å². The average molecular weight is 237 g/mol. The molecule has 3 N–H and O–H groups in total. The van der Waals surface area contributed by atoms with Crippen LogP contribution >= 0.6 is 0 Å². The predicted molar refractivity (Wildman–Crippen MR) is 73.0 cm³/mol. The maximum Gasteiger partial charge on any atom is 0.189 e. The molecular weight excluding hydrogens is 210 g/mol. The number of guanidine groups is 1. The first kappa shape index (κ1) is 12.7. The Hall–Kier alpha value is -0.730. The third-order valence-electron chi connectivity index (χ3n) is 4.81. The van der Waals surface area contributed by atoms with Gasteiger partial charge in [0, 0.05) is 6.04 Å². The summed E-state index contributed by atoms with van der Waals surface area (Å²) in [5, 5.41) is 3.39. The molecule has 98 valence electrons. The Morgan fingerprint density at radius 3 is 2.47 bits per heavy atom. The Morgan fingerprint density at radius 2 is 1.94 bits per heavy atom. The van der Waals surface area contributed by atoms with Crippen LogP contribution in [-0.2, 0) is 0 Å². The fourth-order valence-corrected chi connectivity index (χ4v) is 2.83. The molecule has 2 aliphatic rings. The molecule has 17 heavy (non-hydrogen) atoms. The summed E-state index contributed by atoms with van der Waals surface area (Å²) in [6.45, 7) is 6.88. The Kier molecular flexibility index (Phi) is 3.64. The SMILES string of the molecule is CC(C)C1(C)CC1N=C(N)NC1CCCCC1. The van der Waals surface area contributed by atoms with Gasteiger partial charge in [0.1, 0.15) is 0 Å². The van der Waals surface area contributed by atoms with Gasteiger partial charge in [-0.15, -0.1) is 0 Å². The molecule has 0 amide bonds. The minimum atomic E-state index is 0.388. The fraction of sp³-hybridized carbons (Fsp3) is 0.929. The van der Waals surface area contributed by atoms with Crippen LogP contribution in [0.2, 0.25) is 0 Å². The fourth-order valence-electron chi connectivity index (χ4n) is 2.83. The second-order valence-corrected chi connectivity index (χ2v) is 6.37. The summed E-state index contributed by atoms with van der Waals surface area (Å²) in [6, 6.07) is 1.01. The van der Waals surface area contributed by atoms with Crippen molar-refractivity contribution < 1.29 is 0 Å². The van der Waals surface area contributed by atoms with Crippen molar-refractivity contribution in [3.05, 3.63) is 0 Å². The molecule has 2 saturated carbocycles. The lowest BCUT2D eigenvalue weighted by Gasteiger charge is -2.23. The molecule has 2 unspecified atom stereocenters. The van der Waals surface area contributed by atoms with Crippen LogP contribution < -0.4 is 11.1 Å². The summed E-state index contributed by atoms with van der Waals surface area (Å²) >= 11 is 0. The smallest absolute Gasteiger partial charge is 0.189 e. The van der Waals surface area contributed by atoms with E-state index in [-0.39, 0.29) is 0 Å². The van der Waals surface area contributed by atoms with E-state index in [1.165, 1.54) is 38.5 Å². The van der Waals surface area contributed by atoms with E-state index in [1.54, 1.807) is 0 Å². The molecule has 0 bridgehead atoms. The van der Waals surface area contributed by atoms with E-state index in [0.717, 1.165) is 0 Å². The van der Waals surface area contributed by atoms with Crippen LogP contribution in [0, 0.1) is 11.3 Å². The number of hydrogen-bond acceptors (Lipinski definition) is 1. The predicted octanol–water partition coefficient (Wildman–Crippen LogP) is 2.66. The number of rotatable bonds is 3. The second kappa shape index (κ2) is 4.87. The quantitative estimate of drug-likeness (QED) is 0.585. The highest BCUT2D eigenvalue weighted by molar-refractivity contribution is 5.78. The van der Waals surface area contributed by atoms with Gasteiger partial charge in [-0.05, 0) is 30.6 Å². The maximum atomic E-state index is 6.01. The van der Waals surface area contributed by atoms with Crippen LogP contribution in [-0.4, -0.2) is 18.0 Å². The van der Waals surface area contributed by atoms with E-state index >= 15 is 0 Å². The number of hydrogen-bond donors (Lipinski definition) is 2. The Bertz CT molecular complexity index is 292. The van der Waals surface area contributed by atoms with Gasteiger partial charge >= 0.3 is 0 Å². The summed E-state index contributed by atoms with van der Waals surface area (Å²) in [6.07, 6.45) is 7.74. The minimum Gasteiger partial charge on any atom is -0.370 e. The molecule has 3 heteroatoms. The van der Waals surface area contributed by atoms with Crippen molar-refractivity contribution in [3.63, 3.8) is 0 Å². The Morgan fingerprint density at radius 1 is 1.29 bits per heavy atom. The van der Waals surface area contributed by atoms with Gasteiger partial charge in [-0.1, -0.05) is 40.0 Å². The molecule has 0 heterocycles. The molecule has 0 radical (unpaired) electrons. The maximum absolute atomic E-state index is 6.01. The molecule has 0 aromatic heterocycles. The van der Waals surface area contributed by atoms with Crippen LogP contribution in [0.4, 0.5) is 0 Å². The molecule has 2 fully saturated rings. The van der Waals surface area contributed by atoms with Crippen molar-refractivity contribution in [1.29, 1.82) is 0 Å². The van der Waals surface area contributed by atoms with Crippen molar-refractivity contribution in [2.24, 2.45) is 22.1 Å². The summed E-state index contributed by atoms with van der Waals surface area (Å²) in [5.74, 6) is 1.37. The van der Waals surface area contributed by atoms with E-state index in [0.29, 0.717) is 29.4 Å². The largest absolute Gasteiger partial charge is 0.370 e. The van der Waals surface area contributed by atoms with Gasteiger partial charge in [-0.3, -0.25) is 0 Å². The topological polar surface area (TPSA) is 50.4 Å². The van der Waals surface area contributed by atoms with Crippen molar-refractivity contribution in [1.82, 2.24) is 5.32 Å². The molecule has 0 aromatic rings. The zero-order chi connectivity index (χ0) is 12.5. The minimum absolute atomic E-state index is 0.388. The van der Waals surface area contributed by atoms with Crippen LogP contribution in [0.25, 0.3) is 0 Å². The first-order chi connectivity index (χ1) is 8.02. The number of nitrogens with two attached hydrogens (primary N) is 1. The first-order valence-electron chi connectivity index (χ1n) is 7.12.